The van der Waals surface area contributed by atoms with Crippen molar-refractivity contribution in [2.45, 2.75) is 39.2 Å². The number of nitriles is 1. The van der Waals surface area contributed by atoms with E-state index in [2.05, 4.69) is 56.1 Å². The van der Waals surface area contributed by atoms with Gasteiger partial charge in [0.25, 0.3) is 0 Å². The molecule has 0 aliphatic heterocycles. The highest BCUT2D eigenvalue weighted by Crippen LogP contribution is 2.17. The molecule has 1 unspecified atom stereocenters. The minimum absolute atomic E-state index is 0.0136. The molecule has 0 saturated carbocycles. The molecular weight excluding hydrogens is 390 g/mol. The van der Waals surface area contributed by atoms with Crippen LogP contribution in [0.5, 0.6) is 0 Å². The molecule has 0 spiro atoms. The van der Waals surface area contributed by atoms with Gasteiger partial charge in [0.2, 0.25) is 11.9 Å². The maximum Gasteiger partial charge on any atom is 0.236 e. The summed E-state index contributed by atoms with van der Waals surface area (Å²) in [6, 6.07) is 8.99. The SMILES string of the molecule is CCCNc1nc(Nc2ccc(C#N)cc2)ncc1C#CCCCNC(=O)C(C)NC. The van der Waals surface area contributed by atoms with E-state index in [1.165, 1.54) is 0 Å². The molecule has 8 heteroatoms. The zero-order valence-electron chi connectivity index (χ0n) is 18.2. The number of rotatable bonds is 10. The van der Waals surface area contributed by atoms with Crippen molar-refractivity contribution in [2.24, 2.45) is 0 Å². The number of hydrogen-bond acceptors (Lipinski definition) is 7. The Bertz CT molecular complexity index is 955. The number of benzene rings is 1. The molecule has 2 aromatic rings. The quantitative estimate of drug-likeness (QED) is 0.346. The number of amides is 1. The van der Waals surface area contributed by atoms with Crippen LogP contribution >= 0.6 is 0 Å². The molecule has 1 aromatic carbocycles. The lowest BCUT2D eigenvalue weighted by Crippen LogP contribution is -2.40. The first kappa shape index (κ1) is 23.7. The summed E-state index contributed by atoms with van der Waals surface area (Å²) in [6.07, 6.45) is 4.08. The lowest BCUT2D eigenvalue weighted by molar-refractivity contribution is -0.122. The second-order valence-corrected chi connectivity index (χ2v) is 6.90. The normalized spacial score (nSPS) is 10.9. The maximum atomic E-state index is 11.7. The first-order valence-electron chi connectivity index (χ1n) is 10.4. The average Bonchev–Trinajstić information content (AvgIpc) is 2.80. The highest BCUT2D eigenvalue weighted by Gasteiger charge is 2.08. The van der Waals surface area contributed by atoms with Crippen molar-refractivity contribution in [3.8, 4) is 17.9 Å². The number of hydrogen-bond donors (Lipinski definition) is 4. The zero-order valence-corrected chi connectivity index (χ0v) is 18.2. The maximum absolute atomic E-state index is 11.7. The minimum Gasteiger partial charge on any atom is -0.369 e. The van der Waals surface area contributed by atoms with Crippen molar-refractivity contribution in [1.82, 2.24) is 20.6 Å². The van der Waals surface area contributed by atoms with Gasteiger partial charge in [-0.25, -0.2) is 4.98 Å². The van der Waals surface area contributed by atoms with Gasteiger partial charge in [-0.3, -0.25) is 4.79 Å². The van der Waals surface area contributed by atoms with Crippen LogP contribution in [0.3, 0.4) is 0 Å². The number of carbonyl (C=O) groups excluding carboxylic acids is 1. The monoisotopic (exact) mass is 419 g/mol. The number of unbranched alkanes of at least 4 members (excludes halogenated alkanes) is 1. The molecule has 1 atom stereocenters. The molecule has 0 aliphatic rings. The number of nitrogens with one attached hydrogen (secondary N) is 4. The van der Waals surface area contributed by atoms with Crippen molar-refractivity contribution < 1.29 is 4.79 Å². The van der Waals surface area contributed by atoms with E-state index in [9.17, 15) is 4.79 Å². The van der Waals surface area contributed by atoms with E-state index in [1.807, 2.05) is 19.1 Å². The van der Waals surface area contributed by atoms with Gasteiger partial charge < -0.3 is 21.3 Å². The number of likely N-dealkylation sites (N-methyl/N-ethyl adjacent to an activating group) is 1. The van der Waals surface area contributed by atoms with Crippen molar-refractivity contribution in [1.29, 1.82) is 5.26 Å². The van der Waals surface area contributed by atoms with E-state index in [1.54, 1.807) is 25.4 Å². The fourth-order valence-electron chi connectivity index (χ4n) is 2.50. The third kappa shape index (κ3) is 7.96. The Morgan fingerprint density at radius 2 is 2.00 bits per heavy atom. The van der Waals surface area contributed by atoms with Gasteiger partial charge >= 0.3 is 0 Å². The Morgan fingerprint density at radius 1 is 1.23 bits per heavy atom. The predicted octanol–water partition coefficient (Wildman–Crippen LogP) is 2.77. The first-order chi connectivity index (χ1) is 15.1. The average molecular weight is 420 g/mol. The third-order valence-electron chi connectivity index (χ3n) is 4.43. The Morgan fingerprint density at radius 3 is 2.68 bits per heavy atom. The predicted molar refractivity (Wildman–Crippen MR) is 123 cm³/mol. The molecule has 31 heavy (non-hydrogen) atoms. The summed E-state index contributed by atoms with van der Waals surface area (Å²) in [6.45, 7) is 5.26. The molecule has 8 nitrogen and oxygen atoms in total. The van der Waals surface area contributed by atoms with Crippen molar-refractivity contribution in [3.05, 3.63) is 41.6 Å². The van der Waals surface area contributed by atoms with Gasteiger partial charge in [-0.05, 0) is 51.1 Å². The lowest BCUT2D eigenvalue weighted by Gasteiger charge is -2.10. The zero-order chi connectivity index (χ0) is 22.5. The Kier molecular flexibility index (Phi) is 9.80. The molecule has 0 saturated heterocycles. The smallest absolute Gasteiger partial charge is 0.236 e. The standard InChI is InChI=1S/C23H29N7O/c1-4-13-26-21-19(8-6-5-7-14-27-22(31)17(2)25-3)16-28-23(30-21)29-20-11-9-18(15-24)10-12-20/h9-12,16-17,25H,4-5,7,13-14H2,1-3H3,(H,27,31)(H2,26,28,29,30). The molecule has 0 radical (unpaired) electrons. The van der Waals surface area contributed by atoms with Crippen LogP contribution in [0.2, 0.25) is 0 Å². The molecule has 1 aromatic heterocycles. The van der Waals surface area contributed by atoms with Crippen LogP contribution in [0.4, 0.5) is 17.5 Å². The topological polar surface area (TPSA) is 115 Å². The van der Waals surface area contributed by atoms with E-state index in [4.69, 9.17) is 5.26 Å². The van der Waals surface area contributed by atoms with Crippen LogP contribution in [0.15, 0.2) is 30.5 Å². The number of anilines is 3. The Balaban J connectivity index is 1.98. The molecule has 1 amide bonds. The molecule has 0 fully saturated rings. The molecule has 0 aliphatic carbocycles. The van der Waals surface area contributed by atoms with Gasteiger partial charge in [-0.2, -0.15) is 10.2 Å². The fraction of sp³-hybridized carbons (Fsp3) is 0.391. The van der Waals surface area contributed by atoms with Crippen LogP contribution in [0.1, 0.15) is 44.2 Å². The summed E-state index contributed by atoms with van der Waals surface area (Å²) in [4.78, 5) is 20.6. The number of carbonyl (C=O) groups is 1. The molecular formula is C23H29N7O. The lowest BCUT2D eigenvalue weighted by atomic mass is 10.2. The number of aromatic nitrogens is 2. The van der Waals surface area contributed by atoms with Crippen LogP contribution in [0, 0.1) is 23.2 Å². The summed E-state index contributed by atoms with van der Waals surface area (Å²) in [5.74, 6) is 7.37. The Labute approximate surface area is 183 Å². The summed E-state index contributed by atoms with van der Waals surface area (Å²) in [5, 5.41) is 21.1. The van der Waals surface area contributed by atoms with E-state index < -0.39 is 0 Å². The van der Waals surface area contributed by atoms with E-state index in [0.29, 0.717) is 30.3 Å². The van der Waals surface area contributed by atoms with Crippen molar-refractivity contribution in [3.63, 3.8) is 0 Å². The van der Waals surface area contributed by atoms with Crippen LogP contribution in [-0.4, -0.2) is 42.1 Å². The molecule has 1 heterocycles. The van der Waals surface area contributed by atoms with Gasteiger partial charge in [0.05, 0.1) is 29.4 Å². The molecule has 162 valence electrons. The van der Waals surface area contributed by atoms with Crippen LogP contribution in [-0.2, 0) is 4.79 Å². The van der Waals surface area contributed by atoms with E-state index in [0.717, 1.165) is 30.6 Å². The second kappa shape index (κ2) is 12.8. The van der Waals surface area contributed by atoms with Crippen molar-refractivity contribution in [2.75, 3.05) is 30.8 Å². The van der Waals surface area contributed by atoms with Crippen LogP contribution < -0.4 is 21.3 Å². The van der Waals surface area contributed by atoms with Gasteiger partial charge in [0.1, 0.15) is 5.82 Å². The third-order valence-corrected chi connectivity index (χ3v) is 4.43. The second-order valence-electron chi connectivity index (χ2n) is 6.90. The summed E-state index contributed by atoms with van der Waals surface area (Å²) in [7, 11) is 1.76. The van der Waals surface area contributed by atoms with E-state index >= 15 is 0 Å². The molecule has 2 rings (SSSR count). The van der Waals surface area contributed by atoms with Gasteiger partial charge in [-0.1, -0.05) is 18.8 Å². The molecule has 0 bridgehead atoms. The Hall–Kier alpha value is -3.62. The number of nitrogens with zero attached hydrogens (tertiary/aromatic N) is 3. The summed E-state index contributed by atoms with van der Waals surface area (Å²) >= 11 is 0. The fourth-order valence-corrected chi connectivity index (χ4v) is 2.50. The van der Waals surface area contributed by atoms with E-state index in [-0.39, 0.29) is 11.9 Å². The minimum atomic E-state index is -0.202. The van der Waals surface area contributed by atoms with Crippen molar-refractivity contribution >= 4 is 23.4 Å². The first-order valence-corrected chi connectivity index (χ1v) is 10.4. The molecule has 4 N–H and O–H groups in total. The van der Waals surface area contributed by atoms with Gasteiger partial charge in [0.15, 0.2) is 0 Å². The highest BCUT2D eigenvalue weighted by molar-refractivity contribution is 5.81. The van der Waals surface area contributed by atoms with Crippen LogP contribution in [0.25, 0.3) is 0 Å². The highest BCUT2D eigenvalue weighted by atomic mass is 16.2. The van der Waals surface area contributed by atoms with Gasteiger partial charge in [-0.15, -0.1) is 0 Å². The summed E-state index contributed by atoms with van der Waals surface area (Å²) < 4.78 is 0. The summed E-state index contributed by atoms with van der Waals surface area (Å²) in [5.41, 5.74) is 2.12. The van der Waals surface area contributed by atoms with Gasteiger partial charge in [0, 0.05) is 25.2 Å². The largest absolute Gasteiger partial charge is 0.369 e.